The molecule has 0 bridgehead atoms. The van der Waals surface area contributed by atoms with Crippen molar-refractivity contribution in [2.24, 2.45) is 0 Å². The van der Waals surface area contributed by atoms with E-state index in [4.69, 9.17) is 40.9 Å². The van der Waals surface area contributed by atoms with Gasteiger partial charge in [-0.3, -0.25) is 21.0 Å². The van der Waals surface area contributed by atoms with Gasteiger partial charge in [0.15, 0.2) is 0 Å². The third-order valence-electron chi connectivity index (χ3n) is 0. The molecule has 0 amide bonds. The van der Waals surface area contributed by atoms with Gasteiger partial charge in [-0.05, 0) is 13.8 Å². The standard InChI is InChI=1S/C2H6O.C2H4O.I2.2H2O2.O2.2H2O/c2*1-2-3;4*1-2;;/h3H,2H2,1H3;2H,1H3;;2*1-2H;;2*1H2. The van der Waals surface area contributed by atoms with Crippen LogP contribution in [0.1, 0.15) is 13.8 Å². The van der Waals surface area contributed by atoms with Crippen LogP contribution in [0, 0.1) is 9.93 Å². The van der Waals surface area contributed by atoms with Crippen LogP contribution >= 0.6 is 37.2 Å². The fourth-order valence-corrected chi connectivity index (χ4v) is 0. The molecule has 16 heavy (non-hydrogen) atoms. The molecule has 0 aliphatic carbocycles. The smallest absolute Gasteiger partial charge is 0.116 e. The first-order valence-electron chi connectivity index (χ1n) is 2.55. The summed E-state index contributed by atoms with van der Waals surface area (Å²) in [6.07, 6.45) is 0.750. The van der Waals surface area contributed by atoms with Crippen molar-refractivity contribution >= 4 is 43.5 Å². The average Bonchev–Trinajstić information content (AvgIpc) is 2.31. The zero-order chi connectivity index (χ0) is 13.4. The van der Waals surface area contributed by atoms with E-state index in [1.54, 1.807) is 6.92 Å². The van der Waals surface area contributed by atoms with Crippen LogP contribution in [-0.2, 0) is 4.79 Å². The fourth-order valence-electron chi connectivity index (χ4n) is 0. The van der Waals surface area contributed by atoms with Crippen LogP contribution in [0.25, 0.3) is 0 Å². The maximum absolute atomic E-state index is 8.81. The molecule has 0 saturated carbocycles. The van der Waals surface area contributed by atoms with Crippen molar-refractivity contribution in [2.75, 3.05) is 6.61 Å². The molecule has 0 rings (SSSR count). The number of aliphatic hydroxyl groups excluding tert-OH is 1. The number of carbonyl (C=O) groups excluding carboxylic acids is 1. The summed E-state index contributed by atoms with van der Waals surface area (Å²) >= 11 is 4.24. The van der Waals surface area contributed by atoms with Gasteiger partial charge in [-0.2, -0.15) is 0 Å². The molecule has 0 atom stereocenters. The molecule has 108 valence electrons. The van der Waals surface area contributed by atoms with Crippen molar-refractivity contribution in [1.29, 1.82) is 0 Å². The minimum atomic E-state index is 0. The van der Waals surface area contributed by atoms with Gasteiger partial charge in [0.05, 0.1) is 0 Å². The van der Waals surface area contributed by atoms with Gasteiger partial charge >= 0.3 is 0 Å². The van der Waals surface area contributed by atoms with Crippen LogP contribution in [0.5, 0.6) is 0 Å². The van der Waals surface area contributed by atoms with E-state index in [2.05, 4.69) is 37.2 Å². The van der Waals surface area contributed by atoms with Crippen LogP contribution in [-0.4, -0.2) is 50.0 Å². The molecule has 0 saturated heterocycles. The predicted octanol–water partition coefficient (Wildman–Crippen LogP) is 0.428. The summed E-state index contributed by atoms with van der Waals surface area (Å²) in [6, 6.07) is 0. The summed E-state index contributed by atoms with van der Waals surface area (Å²) in [6.45, 7) is 3.38. The lowest BCUT2D eigenvalue weighted by molar-refractivity contribution is -0.176. The Hall–Kier alpha value is 0.450. The van der Waals surface area contributed by atoms with E-state index in [1.165, 1.54) is 6.92 Å². The second-order valence-electron chi connectivity index (χ2n) is 0.552. The lowest BCUT2D eigenvalue weighted by Crippen LogP contribution is -1.57. The van der Waals surface area contributed by atoms with Gasteiger partial charge in [0, 0.05) is 53.8 Å². The average molecular weight is 480 g/mol. The molecule has 0 fully saturated rings. The number of hydrogen-bond donors (Lipinski definition) is 5. The largest absolute Gasteiger partial charge is 0.412 e. The minimum Gasteiger partial charge on any atom is -0.412 e. The summed E-state index contributed by atoms with van der Waals surface area (Å²) in [5, 5.41) is 31.6. The van der Waals surface area contributed by atoms with Crippen LogP contribution in [0.2, 0.25) is 0 Å². The van der Waals surface area contributed by atoms with E-state index < -0.39 is 0 Å². The van der Waals surface area contributed by atoms with Gasteiger partial charge in [0.25, 0.3) is 0 Å². The number of rotatable bonds is 0. The van der Waals surface area contributed by atoms with E-state index in [1.807, 2.05) is 0 Å². The molecule has 0 aliphatic rings. The molecule has 0 unspecified atom stereocenters. The monoisotopic (exact) mass is 480 g/mol. The molecule has 0 spiro atoms. The maximum atomic E-state index is 8.81. The highest BCUT2D eigenvalue weighted by Crippen LogP contribution is 1.89. The number of aliphatic hydroxyl groups is 1. The first-order valence-corrected chi connectivity index (χ1v) is 8.83. The Morgan fingerprint density at radius 3 is 1.00 bits per heavy atom. The highest BCUT2D eigenvalue weighted by molar-refractivity contribution is 15.0. The fraction of sp³-hybridized carbons (Fsp3) is 0.750. The van der Waals surface area contributed by atoms with E-state index >= 15 is 0 Å². The molecule has 10 nitrogen and oxygen atoms in total. The molecule has 0 aromatic heterocycles. The quantitative estimate of drug-likeness (QED) is 0.141. The van der Waals surface area contributed by atoms with E-state index in [9.17, 15) is 0 Å². The summed E-state index contributed by atoms with van der Waals surface area (Å²) in [5.74, 6) is 0. The molecule has 12 heteroatoms. The minimum absolute atomic E-state index is 0. The van der Waals surface area contributed by atoms with E-state index in [0.29, 0.717) is 0 Å². The van der Waals surface area contributed by atoms with Gasteiger partial charge < -0.3 is 20.9 Å². The van der Waals surface area contributed by atoms with Crippen molar-refractivity contribution < 1.29 is 41.9 Å². The topological polar surface area (TPSA) is 215 Å². The predicted molar refractivity (Wildman–Crippen MR) is 77.0 cm³/mol. The number of halogens is 2. The van der Waals surface area contributed by atoms with Gasteiger partial charge in [0.2, 0.25) is 0 Å². The maximum Gasteiger partial charge on any atom is 0.116 e. The van der Waals surface area contributed by atoms with Gasteiger partial charge in [-0.25, -0.2) is 0 Å². The van der Waals surface area contributed by atoms with Crippen molar-refractivity contribution in [3.8, 4) is 0 Å². The van der Waals surface area contributed by atoms with Crippen LogP contribution in [0.3, 0.4) is 0 Å². The summed E-state index contributed by atoms with van der Waals surface area (Å²) in [4.78, 5) is 22.8. The molecule has 0 heterocycles. The Bertz CT molecular complexity index is 42.0. The summed E-state index contributed by atoms with van der Waals surface area (Å²) in [5.41, 5.74) is 0. The van der Waals surface area contributed by atoms with E-state index in [0.717, 1.165) is 6.29 Å². The molecule has 0 aromatic rings. The highest BCUT2D eigenvalue weighted by atomic mass is 128. The van der Waals surface area contributed by atoms with Crippen LogP contribution < -0.4 is 0 Å². The third kappa shape index (κ3) is 12900. The lowest BCUT2D eigenvalue weighted by Gasteiger charge is -1.52. The molecule has 0 radical (unpaired) electrons. The van der Waals surface area contributed by atoms with Crippen LogP contribution in [0.15, 0.2) is 0 Å². The molecule has 0 aliphatic heterocycles. The van der Waals surface area contributed by atoms with E-state index in [-0.39, 0.29) is 17.6 Å². The highest BCUT2D eigenvalue weighted by Gasteiger charge is 1.34. The van der Waals surface area contributed by atoms with Crippen LogP contribution in [0.4, 0.5) is 0 Å². The Kier molecular flexibility index (Phi) is 1850. The number of aldehydes is 1. The van der Waals surface area contributed by atoms with Gasteiger partial charge in [0.1, 0.15) is 6.29 Å². The Morgan fingerprint density at radius 2 is 1.00 bits per heavy atom. The zero-order valence-electron chi connectivity index (χ0n) is 8.50. The Morgan fingerprint density at radius 1 is 1.00 bits per heavy atom. The summed E-state index contributed by atoms with van der Waals surface area (Å²) in [7, 11) is 0. The first-order chi connectivity index (χ1) is 6.83. The second kappa shape index (κ2) is 537. The number of carbonyl (C=O) groups is 1. The van der Waals surface area contributed by atoms with Crippen molar-refractivity contribution in [3.05, 3.63) is 9.93 Å². The van der Waals surface area contributed by atoms with Crippen molar-refractivity contribution in [2.45, 2.75) is 13.8 Å². The second-order valence-corrected chi connectivity index (χ2v) is 0.552. The molecular formula is C4H18I2O10. The Balaban J connectivity index is -0.00000000791. The van der Waals surface area contributed by atoms with Gasteiger partial charge in [-0.15, -0.1) is 0 Å². The molecule has 9 N–H and O–H groups in total. The zero-order valence-corrected chi connectivity index (χ0v) is 12.8. The molecule has 0 aromatic carbocycles. The molecular weight excluding hydrogens is 462 g/mol. The Labute approximate surface area is 115 Å². The SMILES string of the molecule is CC=O.CCO.II.O.O.O=O.OO.OO. The third-order valence-corrected chi connectivity index (χ3v) is 0. The summed E-state index contributed by atoms with van der Waals surface area (Å²) < 4.78 is 0. The van der Waals surface area contributed by atoms with Crippen molar-refractivity contribution in [1.82, 2.24) is 0 Å². The van der Waals surface area contributed by atoms with Gasteiger partial charge in [-0.1, -0.05) is 0 Å². The lowest BCUT2D eigenvalue weighted by atomic mass is 10.9. The normalized spacial score (nSPS) is 3.31. The van der Waals surface area contributed by atoms with Crippen molar-refractivity contribution in [3.63, 3.8) is 0 Å². The number of hydrogen-bond acceptors (Lipinski definition) is 8. The first kappa shape index (κ1) is 55.0.